The third-order valence-electron chi connectivity index (χ3n) is 5.41. The Morgan fingerprint density at radius 1 is 1.32 bits per heavy atom. The standard InChI is InChI=1S/C19H27NO2/c1-14(21)17-9-5-11-20(13-17)19(22)12-16-8-4-7-15-6-2-3-10-18(15)16/h2-3,6,10,14,16-17,21H,4-5,7-9,11-13H2,1H3. The molecular formula is C19H27NO2. The van der Waals surface area contributed by atoms with Crippen molar-refractivity contribution in [3.8, 4) is 0 Å². The first-order valence-electron chi connectivity index (χ1n) is 8.69. The first-order valence-corrected chi connectivity index (χ1v) is 8.69. The van der Waals surface area contributed by atoms with Gasteiger partial charge in [-0.3, -0.25) is 4.79 Å². The Morgan fingerprint density at radius 3 is 2.95 bits per heavy atom. The Bertz CT molecular complexity index is 526. The van der Waals surface area contributed by atoms with Gasteiger partial charge in [0.25, 0.3) is 0 Å². The van der Waals surface area contributed by atoms with Crippen LogP contribution in [0.5, 0.6) is 0 Å². The molecule has 1 amide bonds. The largest absolute Gasteiger partial charge is 0.393 e. The van der Waals surface area contributed by atoms with E-state index in [1.165, 1.54) is 17.5 Å². The lowest BCUT2D eigenvalue weighted by atomic mass is 9.80. The molecule has 1 aliphatic heterocycles. The van der Waals surface area contributed by atoms with E-state index >= 15 is 0 Å². The second kappa shape index (κ2) is 6.82. The van der Waals surface area contributed by atoms with Gasteiger partial charge in [-0.1, -0.05) is 24.3 Å². The summed E-state index contributed by atoms with van der Waals surface area (Å²) in [7, 11) is 0. The molecule has 1 heterocycles. The summed E-state index contributed by atoms with van der Waals surface area (Å²) in [4.78, 5) is 14.7. The van der Waals surface area contributed by atoms with Crippen LogP contribution in [0.1, 0.15) is 56.1 Å². The van der Waals surface area contributed by atoms with Crippen molar-refractivity contribution in [3.63, 3.8) is 0 Å². The molecule has 3 heteroatoms. The number of amides is 1. The molecule has 1 aliphatic carbocycles. The summed E-state index contributed by atoms with van der Waals surface area (Å²) in [5.74, 6) is 0.896. The summed E-state index contributed by atoms with van der Waals surface area (Å²) in [6, 6.07) is 8.59. The minimum absolute atomic E-state index is 0.247. The van der Waals surface area contributed by atoms with Crippen LogP contribution in [0, 0.1) is 5.92 Å². The SMILES string of the molecule is CC(O)C1CCCN(C(=O)CC2CCCc3ccccc32)C1. The van der Waals surface area contributed by atoms with Crippen LogP contribution in [-0.2, 0) is 11.2 Å². The predicted molar refractivity (Wildman–Crippen MR) is 87.7 cm³/mol. The van der Waals surface area contributed by atoms with E-state index in [2.05, 4.69) is 24.3 Å². The van der Waals surface area contributed by atoms with Gasteiger partial charge in [0.2, 0.25) is 5.91 Å². The molecule has 0 spiro atoms. The Kier molecular flexibility index (Phi) is 4.82. The first-order chi connectivity index (χ1) is 10.6. The molecule has 1 aromatic rings. The van der Waals surface area contributed by atoms with Crippen LogP contribution in [0.3, 0.4) is 0 Å². The van der Waals surface area contributed by atoms with Crippen molar-refractivity contribution < 1.29 is 9.90 Å². The van der Waals surface area contributed by atoms with Crippen molar-refractivity contribution in [2.45, 2.75) is 57.5 Å². The molecule has 3 nitrogen and oxygen atoms in total. The highest BCUT2D eigenvalue weighted by atomic mass is 16.3. The second-order valence-electron chi connectivity index (χ2n) is 6.97. The fourth-order valence-corrected chi connectivity index (χ4v) is 4.04. The van der Waals surface area contributed by atoms with Crippen molar-refractivity contribution in [1.29, 1.82) is 0 Å². The van der Waals surface area contributed by atoms with Gasteiger partial charge in [0, 0.05) is 25.4 Å². The van der Waals surface area contributed by atoms with Crippen molar-refractivity contribution in [3.05, 3.63) is 35.4 Å². The monoisotopic (exact) mass is 301 g/mol. The smallest absolute Gasteiger partial charge is 0.223 e. The molecule has 3 rings (SSSR count). The average molecular weight is 301 g/mol. The number of aliphatic hydroxyl groups excluding tert-OH is 1. The maximum Gasteiger partial charge on any atom is 0.223 e. The number of piperidine rings is 1. The molecular weight excluding hydrogens is 274 g/mol. The van der Waals surface area contributed by atoms with Crippen molar-refractivity contribution in [1.82, 2.24) is 4.90 Å². The number of fused-ring (bicyclic) bond motifs is 1. The van der Waals surface area contributed by atoms with Crippen LogP contribution in [0.2, 0.25) is 0 Å². The molecule has 1 saturated heterocycles. The highest BCUT2D eigenvalue weighted by Gasteiger charge is 2.29. The fourth-order valence-electron chi connectivity index (χ4n) is 4.04. The average Bonchev–Trinajstić information content (AvgIpc) is 2.55. The Balaban J connectivity index is 1.65. The molecule has 3 unspecified atom stereocenters. The van der Waals surface area contributed by atoms with E-state index < -0.39 is 0 Å². The number of likely N-dealkylation sites (tertiary alicyclic amines) is 1. The zero-order valence-corrected chi connectivity index (χ0v) is 13.5. The van der Waals surface area contributed by atoms with Gasteiger partial charge < -0.3 is 10.0 Å². The number of aryl methyl sites for hydroxylation is 1. The molecule has 0 aromatic heterocycles. The van der Waals surface area contributed by atoms with Crippen molar-refractivity contribution in [2.75, 3.05) is 13.1 Å². The first kappa shape index (κ1) is 15.5. The van der Waals surface area contributed by atoms with Gasteiger partial charge in [-0.05, 0) is 56.1 Å². The lowest BCUT2D eigenvalue weighted by Gasteiger charge is -2.35. The number of rotatable bonds is 3. The van der Waals surface area contributed by atoms with Crippen LogP contribution < -0.4 is 0 Å². The van der Waals surface area contributed by atoms with Crippen LogP contribution in [-0.4, -0.2) is 35.1 Å². The molecule has 1 N–H and O–H groups in total. The van der Waals surface area contributed by atoms with Gasteiger partial charge in [-0.25, -0.2) is 0 Å². The van der Waals surface area contributed by atoms with Gasteiger partial charge in [0.05, 0.1) is 6.10 Å². The highest BCUT2D eigenvalue weighted by molar-refractivity contribution is 5.77. The third-order valence-corrected chi connectivity index (χ3v) is 5.41. The van der Waals surface area contributed by atoms with Crippen molar-refractivity contribution in [2.24, 2.45) is 5.92 Å². The van der Waals surface area contributed by atoms with E-state index in [1.54, 1.807) is 0 Å². The van der Waals surface area contributed by atoms with E-state index in [1.807, 2.05) is 11.8 Å². The fraction of sp³-hybridized carbons (Fsp3) is 0.632. The Morgan fingerprint density at radius 2 is 2.14 bits per heavy atom. The lowest BCUT2D eigenvalue weighted by molar-refractivity contribution is -0.134. The van der Waals surface area contributed by atoms with Gasteiger partial charge >= 0.3 is 0 Å². The van der Waals surface area contributed by atoms with Crippen LogP contribution >= 0.6 is 0 Å². The molecule has 0 bridgehead atoms. The van der Waals surface area contributed by atoms with E-state index in [4.69, 9.17) is 0 Å². The molecule has 1 aromatic carbocycles. The highest BCUT2D eigenvalue weighted by Crippen LogP contribution is 2.34. The number of carbonyl (C=O) groups excluding carboxylic acids is 1. The number of nitrogens with zero attached hydrogens (tertiary/aromatic N) is 1. The number of benzene rings is 1. The van der Waals surface area contributed by atoms with Crippen LogP contribution in [0.15, 0.2) is 24.3 Å². The molecule has 1 fully saturated rings. The van der Waals surface area contributed by atoms with E-state index in [0.29, 0.717) is 12.3 Å². The van der Waals surface area contributed by atoms with E-state index in [-0.39, 0.29) is 17.9 Å². The predicted octanol–water partition coefficient (Wildman–Crippen LogP) is 3.12. The summed E-state index contributed by atoms with van der Waals surface area (Å²) in [6.45, 7) is 3.43. The normalized spacial score (nSPS) is 26.4. The summed E-state index contributed by atoms with van der Waals surface area (Å²) in [5.41, 5.74) is 2.80. The van der Waals surface area contributed by atoms with E-state index in [0.717, 1.165) is 38.8 Å². The van der Waals surface area contributed by atoms with Crippen molar-refractivity contribution >= 4 is 5.91 Å². The van der Waals surface area contributed by atoms with Gasteiger partial charge in [-0.15, -0.1) is 0 Å². The summed E-state index contributed by atoms with van der Waals surface area (Å²) in [5, 5.41) is 9.79. The zero-order valence-electron chi connectivity index (χ0n) is 13.5. The van der Waals surface area contributed by atoms with Crippen LogP contribution in [0.25, 0.3) is 0 Å². The van der Waals surface area contributed by atoms with Crippen LogP contribution in [0.4, 0.5) is 0 Å². The minimum Gasteiger partial charge on any atom is -0.393 e. The zero-order chi connectivity index (χ0) is 15.5. The molecule has 120 valence electrons. The number of aliphatic hydroxyl groups is 1. The number of hydrogen-bond donors (Lipinski definition) is 1. The Hall–Kier alpha value is -1.35. The Labute approximate surface area is 133 Å². The summed E-state index contributed by atoms with van der Waals surface area (Å²) >= 11 is 0. The molecule has 3 atom stereocenters. The van der Waals surface area contributed by atoms with Gasteiger partial charge in [-0.2, -0.15) is 0 Å². The van der Waals surface area contributed by atoms with E-state index in [9.17, 15) is 9.90 Å². The summed E-state index contributed by atoms with van der Waals surface area (Å²) in [6.07, 6.45) is 5.82. The molecule has 0 radical (unpaired) electrons. The van der Waals surface area contributed by atoms with Gasteiger partial charge in [0.1, 0.15) is 0 Å². The number of carbonyl (C=O) groups is 1. The quantitative estimate of drug-likeness (QED) is 0.932. The third kappa shape index (κ3) is 3.35. The molecule has 0 saturated carbocycles. The minimum atomic E-state index is -0.314. The second-order valence-corrected chi connectivity index (χ2v) is 6.97. The molecule has 22 heavy (non-hydrogen) atoms. The van der Waals surface area contributed by atoms with Gasteiger partial charge in [0.15, 0.2) is 0 Å². The molecule has 2 aliphatic rings. The maximum atomic E-state index is 12.7. The lowest BCUT2D eigenvalue weighted by Crippen LogP contribution is -2.43. The number of hydrogen-bond acceptors (Lipinski definition) is 2. The summed E-state index contributed by atoms with van der Waals surface area (Å²) < 4.78 is 0. The maximum absolute atomic E-state index is 12.7. The topological polar surface area (TPSA) is 40.5 Å².